The highest BCUT2D eigenvalue weighted by Gasteiger charge is 2.39. The molecule has 0 N–H and O–H groups in total. The maximum Gasteiger partial charge on any atom is 0.262 e. The minimum Gasteiger partial charge on any atom is -0.494 e. The van der Waals surface area contributed by atoms with E-state index in [2.05, 4.69) is 36.1 Å². The van der Waals surface area contributed by atoms with Crippen molar-refractivity contribution in [3.05, 3.63) is 87.8 Å². The van der Waals surface area contributed by atoms with E-state index in [1.165, 1.54) is 0 Å². The molecule has 4 nitrogen and oxygen atoms in total. The molecule has 0 radical (unpaired) electrons. The van der Waals surface area contributed by atoms with Crippen LogP contribution in [0.1, 0.15) is 50.7 Å². The lowest BCUT2D eigenvalue weighted by Crippen LogP contribution is -2.42. The van der Waals surface area contributed by atoms with Crippen molar-refractivity contribution in [2.24, 2.45) is 11.8 Å². The molecule has 0 saturated heterocycles. The average molecular weight is 545 g/mol. The fourth-order valence-electron chi connectivity index (χ4n) is 5.61. The van der Waals surface area contributed by atoms with E-state index in [-0.39, 0.29) is 23.1 Å². The second-order valence-electron chi connectivity index (χ2n) is 10.3. The number of hydrogen-bond acceptors (Lipinski definition) is 4. The second kappa shape index (κ2) is 11.8. The van der Waals surface area contributed by atoms with Gasteiger partial charge in [0, 0.05) is 34.4 Å². The van der Waals surface area contributed by atoms with E-state index in [9.17, 15) is 10.1 Å². The van der Waals surface area contributed by atoms with E-state index < -0.39 is 0 Å². The molecule has 0 aromatic heterocycles. The highest BCUT2D eigenvalue weighted by atomic mass is 35.5. The Hall–Kier alpha value is -2.94. The standard InChI is InChI=1S/C32H33ClN2O2S/c1-3-37-28-16-13-24(23-8-6-7-22(17-23)19-34)18-25(28)20-35(26-14-11-21(2)12-15-26)32(36)31-30(33)27-9-4-5-10-29(27)38-31/h4-10,13,16-18,21,26-27,29H,3,11-12,14-15,20H2,1-2H3. The summed E-state index contributed by atoms with van der Waals surface area (Å²) in [5.74, 6) is 1.55. The normalized spacial score (nSPS) is 24.2. The molecule has 3 aliphatic rings. The van der Waals surface area contributed by atoms with Crippen LogP contribution >= 0.6 is 23.4 Å². The molecule has 0 bridgehead atoms. The molecule has 2 aromatic carbocycles. The summed E-state index contributed by atoms with van der Waals surface area (Å²) in [6, 6.07) is 16.1. The van der Waals surface area contributed by atoms with Crippen LogP contribution in [0.5, 0.6) is 5.75 Å². The van der Waals surface area contributed by atoms with Gasteiger partial charge in [-0.15, -0.1) is 11.8 Å². The van der Waals surface area contributed by atoms with Gasteiger partial charge in [-0.05, 0) is 73.9 Å². The Morgan fingerprint density at radius 2 is 1.87 bits per heavy atom. The maximum atomic E-state index is 14.2. The Bertz CT molecular complexity index is 1330. The van der Waals surface area contributed by atoms with Gasteiger partial charge in [0.1, 0.15) is 5.75 Å². The zero-order valence-electron chi connectivity index (χ0n) is 21.9. The van der Waals surface area contributed by atoms with Crippen LogP contribution < -0.4 is 4.74 Å². The molecule has 1 saturated carbocycles. The second-order valence-corrected chi connectivity index (χ2v) is 11.9. The number of benzene rings is 2. The minimum atomic E-state index is 0.0232. The van der Waals surface area contributed by atoms with Crippen LogP contribution in [0.4, 0.5) is 0 Å². The Kier molecular flexibility index (Phi) is 8.31. The molecule has 38 heavy (non-hydrogen) atoms. The zero-order chi connectivity index (χ0) is 26.6. The van der Waals surface area contributed by atoms with Crippen molar-refractivity contribution in [1.29, 1.82) is 5.26 Å². The van der Waals surface area contributed by atoms with Crippen molar-refractivity contribution in [3.8, 4) is 22.9 Å². The summed E-state index contributed by atoms with van der Waals surface area (Å²) in [7, 11) is 0. The summed E-state index contributed by atoms with van der Waals surface area (Å²) < 4.78 is 6.03. The lowest BCUT2D eigenvalue weighted by Gasteiger charge is -2.37. The Morgan fingerprint density at radius 3 is 2.61 bits per heavy atom. The van der Waals surface area contributed by atoms with E-state index in [0.29, 0.717) is 34.6 Å². The molecule has 2 unspecified atom stereocenters. The highest BCUT2D eigenvalue weighted by molar-refractivity contribution is 8.05. The number of amides is 1. The van der Waals surface area contributed by atoms with Gasteiger partial charge in [-0.3, -0.25) is 4.79 Å². The predicted octanol–water partition coefficient (Wildman–Crippen LogP) is 7.84. The van der Waals surface area contributed by atoms with Crippen LogP contribution in [-0.2, 0) is 11.3 Å². The average Bonchev–Trinajstić information content (AvgIpc) is 3.29. The molecule has 1 amide bonds. The molecule has 2 aliphatic carbocycles. The van der Waals surface area contributed by atoms with E-state index in [4.69, 9.17) is 16.3 Å². The third-order valence-corrected chi connectivity index (χ3v) is 9.66. The van der Waals surface area contributed by atoms with E-state index in [1.54, 1.807) is 11.8 Å². The first-order valence-electron chi connectivity index (χ1n) is 13.5. The number of rotatable bonds is 7. The molecule has 196 valence electrons. The number of hydrogen-bond donors (Lipinski definition) is 0. The zero-order valence-corrected chi connectivity index (χ0v) is 23.5. The van der Waals surface area contributed by atoms with Crippen LogP contribution in [0.25, 0.3) is 11.1 Å². The maximum absolute atomic E-state index is 14.2. The number of halogens is 1. The lowest BCUT2D eigenvalue weighted by molar-refractivity contribution is -0.130. The van der Waals surface area contributed by atoms with Gasteiger partial charge in [0.25, 0.3) is 5.91 Å². The topological polar surface area (TPSA) is 53.3 Å². The molecule has 1 aliphatic heterocycles. The Balaban J connectivity index is 1.51. The van der Waals surface area contributed by atoms with E-state index in [1.807, 2.05) is 55.5 Å². The Morgan fingerprint density at radius 1 is 1.11 bits per heavy atom. The minimum absolute atomic E-state index is 0.0232. The summed E-state index contributed by atoms with van der Waals surface area (Å²) in [6.07, 6.45) is 12.5. The number of thioether (sulfide) groups is 1. The van der Waals surface area contributed by atoms with Gasteiger partial charge in [0.15, 0.2) is 0 Å². The number of carbonyl (C=O) groups is 1. The SMILES string of the molecule is CCOc1ccc(-c2cccc(C#N)c2)cc1CN(C(=O)C1=C(Cl)C2C=CC=CC2S1)C1CCC(C)CC1. The fourth-order valence-corrected chi connectivity index (χ4v) is 7.39. The molecule has 0 spiro atoms. The molecular weight excluding hydrogens is 512 g/mol. The largest absolute Gasteiger partial charge is 0.494 e. The number of ether oxygens (including phenoxy) is 1. The van der Waals surface area contributed by atoms with Crippen molar-refractivity contribution in [1.82, 2.24) is 4.90 Å². The fraction of sp³-hybridized carbons (Fsp3) is 0.375. The van der Waals surface area contributed by atoms with Gasteiger partial charge in [-0.1, -0.05) is 61.0 Å². The summed E-state index contributed by atoms with van der Waals surface area (Å²) in [6.45, 7) is 5.26. The summed E-state index contributed by atoms with van der Waals surface area (Å²) in [4.78, 5) is 17.0. The van der Waals surface area contributed by atoms with Crippen molar-refractivity contribution in [3.63, 3.8) is 0 Å². The van der Waals surface area contributed by atoms with Crippen LogP contribution in [0, 0.1) is 23.2 Å². The third kappa shape index (κ3) is 5.58. The van der Waals surface area contributed by atoms with Gasteiger partial charge in [0.05, 0.1) is 23.1 Å². The first kappa shape index (κ1) is 26.7. The smallest absolute Gasteiger partial charge is 0.262 e. The Labute approximate surface area is 235 Å². The van der Waals surface area contributed by atoms with Gasteiger partial charge in [0.2, 0.25) is 0 Å². The number of nitrogens with zero attached hydrogens (tertiary/aromatic N) is 2. The molecule has 1 fully saturated rings. The highest BCUT2D eigenvalue weighted by Crippen LogP contribution is 2.48. The molecule has 2 aromatic rings. The van der Waals surface area contributed by atoms with Crippen LogP contribution in [0.3, 0.4) is 0 Å². The number of nitriles is 1. The molecular formula is C32H33ClN2O2S. The molecule has 5 rings (SSSR count). The number of carbonyl (C=O) groups excluding carboxylic acids is 1. The lowest BCUT2D eigenvalue weighted by atomic mass is 9.86. The molecule has 2 atom stereocenters. The van der Waals surface area contributed by atoms with Crippen molar-refractivity contribution < 1.29 is 9.53 Å². The van der Waals surface area contributed by atoms with E-state index in [0.717, 1.165) is 48.1 Å². The van der Waals surface area contributed by atoms with Crippen molar-refractivity contribution in [2.75, 3.05) is 6.61 Å². The summed E-state index contributed by atoms with van der Waals surface area (Å²) in [5.41, 5.74) is 3.56. The van der Waals surface area contributed by atoms with Gasteiger partial charge < -0.3 is 9.64 Å². The van der Waals surface area contributed by atoms with Gasteiger partial charge >= 0.3 is 0 Å². The summed E-state index contributed by atoms with van der Waals surface area (Å²) in [5, 5.41) is 10.2. The first-order valence-corrected chi connectivity index (χ1v) is 14.7. The van der Waals surface area contributed by atoms with Crippen molar-refractivity contribution >= 4 is 29.3 Å². The third-order valence-electron chi connectivity index (χ3n) is 7.76. The van der Waals surface area contributed by atoms with Gasteiger partial charge in [-0.25, -0.2) is 0 Å². The quantitative estimate of drug-likeness (QED) is 0.356. The summed E-state index contributed by atoms with van der Waals surface area (Å²) >= 11 is 8.44. The van der Waals surface area contributed by atoms with Gasteiger partial charge in [-0.2, -0.15) is 5.26 Å². The van der Waals surface area contributed by atoms with Crippen LogP contribution in [-0.4, -0.2) is 28.7 Å². The first-order chi connectivity index (χ1) is 18.5. The molecule has 6 heteroatoms. The monoisotopic (exact) mass is 544 g/mol. The molecule has 1 heterocycles. The van der Waals surface area contributed by atoms with Crippen LogP contribution in [0.15, 0.2) is 76.7 Å². The van der Waals surface area contributed by atoms with Crippen molar-refractivity contribution in [2.45, 2.75) is 57.4 Å². The van der Waals surface area contributed by atoms with Crippen LogP contribution in [0.2, 0.25) is 0 Å². The number of allylic oxidation sites excluding steroid dienone is 4. The van der Waals surface area contributed by atoms with E-state index >= 15 is 0 Å². The predicted molar refractivity (Wildman–Crippen MR) is 156 cm³/mol. The number of fused-ring (bicyclic) bond motifs is 1.